The van der Waals surface area contributed by atoms with Gasteiger partial charge in [-0.05, 0) is 59.4 Å². The number of hydrogen-bond donors (Lipinski definition) is 1. The first-order chi connectivity index (χ1) is 8.79. The Kier molecular flexibility index (Phi) is 5.47. The fourth-order valence-corrected chi connectivity index (χ4v) is 2.70. The molecular formula is C14H20BrNO2. The Morgan fingerprint density at radius 3 is 3.00 bits per heavy atom. The molecule has 0 aromatic heterocycles. The molecule has 0 radical (unpaired) electrons. The molecule has 3 nitrogen and oxygen atoms in total. The Morgan fingerprint density at radius 2 is 2.33 bits per heavy atom. The fraction of sp³-hybridized carbons (Fsp3) is 0.571. The lowest BCUT2D eigenvalue weighted by atomic mass is 10.1. The summed E-state index contributed by atoms with van der Waals surface area (Å²) in [5.74, 6) is 0.897. The van der Waals surface area contributed by atoms with Gasteiger partial charge in [0.2, 0.25) is 0 Å². The summed E-state index contributed by atoms with van der Waals surface area (Å²) < 4.78 is 12.3. The molecule has 1 aromatic rings. The maximum atomic E-state index is 5.77. The molecule has 1 aromatic carbocycles. The van der Waals surface area contributed by atoms with E-state index in [2.05, 4.69) is 28.1 Å². The van der Waals surface area contributed by atoms with Gasteiger partial charge in [-0.15, -0.1) is 0 Å². The Bertz CT molecular complexity index is 378. The lowest BCUT2D eigenvalue weighted by Gasteiger charge is -2.12. The monoisotopic (exact) mass is 313 g/mol. The van der Waals surface area contributed by atoms with Crippen molar-refractivity contribution in [2.24, 2.45) is 5.73 Å². The predicted molar refractivity (Wildman–Crippen MR) is 76.0 cm³/mol. The first kappa shape index (κ1) is 13.8. The van der Waals surface area contributed by atoms with Crippen LogP contribution in [0.2, 0.25) is 0 Å². The van der Waals surface area contributed by atoms with Crippen LogP contribution in [0.15, 0.2) is 22.7 Å². The summed E-state index contributed by atoms with van der Waals surface area (Å²) in [7, 11) is 0. The molecule has 1 saturated heterocycles. The van der Waals surface area contributed by atoms with Crippen LogP contribution in [-0.2, 0) is 11.2 Å². The fourth-order valence-electron chi connectivity index (χ4n) is 2.16. The molecule has 2 rings (SSSR count). The van der Waals surface area contributed by atoms with Crippen molar-refractivity contribution in [2.45, 2.75) is 31.8 Å². The van der Waals surface area contributed by atoms with Gasteiger partial charge in [-0.2, -0.15) is 0 Å². The molecule has 2 N–H and O–H groups in total. The maximum Gasteiger partial charge on any atom is 0.133 e. The van der Waals surface area contributed by atoms with Gasteiger partial charge >= 0.3 is 0 Å². The van der Waals surface area contributed by atoms with Crippen molar-refractivity contribution < 1.29 is 9.47 Å². The molecule has 0 spiro atoms. The van der Waals surface area contributed by atoms with E-state index in [1.165, 1.54) is 18.4 Å². The Hall–Kier alpha value is -0.580. The van der Waals surface area contributed by atoms with Crippen LogP contribution in [0.4, 0.5) is 0 Å². The third-order valence-corrected chi connectivity index (χ3v) is 3.77. The van der Waals surface area contributed by atoms with Crippen LogP contribution < -0.4 is 10.5 Å². The molecule has 0 bridgehead atoms. The minimum Gasteiger partial charge on any atom is -0.492 e. The topological polar surface area (TPSA) is 44.5 Å². The summed E-state index contributed by atoms with van der Waals surface area (Å²) in [4.78, 5) is 0. The minimum absolute atomic E-state index is 0.389. The third kappa shape index (κ3) is 3.97. The first-order valence-electron chi connectivity index (χ1n) is 6.52. The van der Waals surface area contributed by atoms with Gasteiger partial charge in [0.1, 0.15) is 5.75 Å². The number of nitrogens with two attached hydrogens (primary N) is 1. The Balaban J connectivity index is 1.81. The van der Waals surface area contributed by atoms with E-state index in [-0.39, 0.29) is 0 Å². The van der Waals surface area contributed by atoms with Crippen molar-refractivity contribution in [3.8, 4) is 5.75 Å². The largest absolute Gasteiger partial charge is 0.492 e. The SMILES string of the molecule is NCCc1ccc(OCCC2CCCO2)c(Br)c1. The van der Waals surface area contributed by atoms with Crippen molar-refractivity contribution in [3.63, 3.8) is 0 Å². The van der Waals surface area contributed by atoms with E-state index in [1.54, 1.807) is 0 Å². The maximum absolute atomic E-state index is 5.77. The van der Waals surface area contributed by atoms with Gasteiger partial charge in [0.15, 0.2) is 0 Å². The summed E-state index contributed by atoms with van der Waals surface area (Å²) in [6, 6.07) is 6.15. The molecule has 1 aliphatic rings. The van der Waals surface area contributed by atoms with Crippen molar-refractivity contribution in [1.29, 1.82) is 0 Å². The van der Waals surface area contributed by atoms with Crippen LogP contribution in [0, 0.1) is 0 Å². The van der Waals surface area contributed by atoms with E-state index in [0.29, 0.717) is 19.3 Å². The zero-order valence-electron chi connectivity index (χ0n) is 10.5. The zero-order valence-corrected chi connectivity index (χ0v) is 12.1. The summed E-state index contributed by atoms with van der Waals surface area (Å²) >= 11 is 3.53. The second-order valence-electron chi connectivity index (χ2n) is 4.58. The highest BCUT2D eigenvalue weighted by Gasteiger charge is 2.15. The number of ether oxygens (including phenoxy) is 2. The van der Waals surface area contributed by atoms with Crippen LogP contribution in [0.1, 0.15) is 24.8 Å². The van der Waals surface area contributed by atoms with Gasteiger partial charge in [-0.1, -0.05) is 6.07 Å². The molecule has 0 amide bonds. The molecule has 4 heteroatoms. The minimum atomic E-state index is 0.389. The summed E-state index contributed by atoms with van der Waals surface area (Å²) in [6.45, 7) is 2.29. The molecule has 100 valence electrons. The average molecular weight is 314 g/mol. The summed E-state index contributed by atoms with van der Waals surface area (Å²) in [5.41, 5.74) is 6.77. The van der Waals surface area contributed by atoms with Crippen LogP contribution in [-0.4, -0.2) is 25.9 Å². The van der Waals surface area contributed by atoms with Crippen LogP contribution >= 0.6 is 15.9 Å². The number of benzene rings is 1. The van der Waals surface area contributed by atoms with Gasteiger partial charge in [0.05, 0.1) is 17.2 Å². The van der Waals surface area contributed by atoms with E-state index < -0.39 is 0 Å². The molecule has 18 heavy (non-hydrogen) atoms. The molecule has 1 aliphatic heterocycles. The van der Waals surface area contributed by atoms with E-state index in [9.17, 15) is 0 Å². The second-order valence-corrected chi connectivity index (χ2v) is 5.43. The molecule has 1 unspecified atom stereocenters. The Labute approximate surface area is 117 Å². The summed E-state index contributed by atoms with van der Waals surface area (Å²) in [5, 5.41) is 0. The van der Waals surface area contributed by atoms with Gasteiger partial charge in [0.25, 0.3) is 0 Å². The predicted octanol–water partition coefficient (Wildman–Crippen LogP) is 2.90. The van der Waals surface area contributed by atoms with E-state index in [4.69, 9.17) is 15.2 Å². The zero-order chi connectivity index (χ0) is 12.8. The number of rotatable bonds is 6. The Morgan fingerprint density at radius 1 is 1.44 bits per heavy atom. The van der Waals surface area contributed by atoms with Gasteiger partial charge < -0.3 is 15.2 Å². The van der Waals surface area contributed by atoms with E-state index >= 15 is 0 Å². The standard InChI is InChI=1S/C14H20BrNO2/c15-13-10-11(5-7-16)3-4-14(13)18-9-6-12-2-1-8-17-12/h3-4,10,12H,1-2,5-9,16H2. The molecular weight excluding hydrogens is 294 g/mol. The normalized spacial score (nSPS) is 19.1. The third-order valence-electron chi connectivity index (χ3n) is 3.15. The van der Waals surface area contributed by atoms with Crippen LogP contribution in [0.5, 0.6) is 5.75 Å². The van der Waals surface area contributed by atoms with Crippen molar-refractivity contribution >= 4 is 15.9 Å². The van der Waals surface area contributed by atoms with Crippen molar-refractivity contribution in [1.82, 2.24) is 0 Å². The first-order valence-corrected chi connectivity index (χ1v) is 7.32. The number of hydrogen-bond acceptors (Lipinski definition) is 3. The molecule has 0 saturated carbocycles. The quantitative estimate of drug-likeness (QED) is 0.878. The van der Waals surface area contributed by atoms with Gasteiger partial charge in [0, 0.05) is 13.0 Å². The molecule has 1 atom stereocenters. The number of halogens is 1. The van der Waals surface area contributed by atoms with Crippen molar-refractivity contribution in [2.75, 3.05) is 19.8 Å². The van der Waals surface area contributed by atoms with Gasteiger partial charge in [-0.3, -0.25) is 0 Å². The molecule has 1 heterocycles. The summed E-state index contributed by atoms with van der Waals surface area (Å²) in [6.07, 6.45) is 4.61. The highest BCUT2D eigenvalue weighted by Crippen LogP contribution is 2.26. The van der Waals surface area contributed by atoms with Crippen LogP contribution in [0.25, 0.3) is 0 Å². The molecule has 0 aliphatic carbocycles. The lowest BCUT2D eigenvalue weighted by molar-refractivity contribution is 0.0902. The molecule has 1 fully saturated rings. The second kappa shape index (κ2) is 7.12. The van der Waals surface area contributed by atoms with E-state index in [0.717, 1.165) is 29.7 Å². The van der Waals surface area contributed by atoms with Crippen molar-refractivity contribution in [3.05, 3.63) is 28.2 Å². The van der Waals surface area contributed by atoms with Crippen LogP contribution in [0.3, 0.4) is 0 Å². The smallest absolute Gasteiger partial charge is 0.133 e. The highest BCUT2D eigenvalue weighted by molar-refractivity contribution is 9.10. The van der Waals surface area contributed by atoms with E-state index in [1.807, 2.05) is 6.07 Å². The highest BCUT2D eigenvalue weighted by atomic mass is 79.9. The van der Waals surface area contributed by atoms with Gasteiger partial charge in [-0.25, -0.2) is 0 Å². The lowest BCUT2D eigenvalue weighted by Crippen LogP contribution is -2.11. The average Bonchev–Trinajstić information content (AvgIpc) is 2.85.